The molecule has 0 unspecified atom stereocenters. The van der Waals surface area contributed by atoms with Crippen molar-refractivity contribution in [2.24, 2.45) is 7.05 Å². The Labute approximate surface area is 65.1 Å². The second kappa shape index (κ2) is 3.42. The molecule has 0 saturated carbocycles. The summed E-state index contributed by atoms with van der Waals surface area (Å²) in [6.07, 6.45) is 7.56. The number of aromatic nitrogens is 2. The third-order valence-electron chi connectivity index (χ3n) is 1.12. The van der Waals surface area contributed by atoms with Gasteiger partial charge < -0.3 is 0 Å². The van der Waals surface area contributed by atoms with Crippen molar-refractivity contribution >= 4 is 17.7 Å². The van der Waals surface area contributed by atoms with Crippen molar-refractivity contribution in [1.82, 2.24) is 9.78 Å². The molecule has 0 aliphatic heterocycles. The number of alkyl halides is 1. The second-order valence-corrected chi connectivity index (χ2v) is 2.31. The van der Waals surface area contributed by atoms with Crippen LogP contribution < -0.4 is 0 Å². The van der Waals surface area contributed by atoms with Crippen LogP contribution in [0, 0.1) is 0 Å². The fourth-order valence-corrected chi connectivity index (χ4v) is 0.796. The Hall–Kier alpha value is -0.760. The van der Waals surface area contributed by atoms with Gasteiger partial charge in [-0.1, -0.05) is 12.2 Å². The van der Waals surface area contributed by atoms with Crippen molar-refractivity contribution in [3.8, 4) is 0 Å². The van der Waals surface area contributed by atoms with E-state index in [9.17, 15) is 0 Å². The highest BCUT2D eigenvalue weighted by atomic mass is 35.5. The van der Waals surface area contributed by atoms with Crippen LogP contribution >= 0.6 is 11.6 Å². The van der Waals surface area contributed by atoms with E-state index in [1.807, 2.05) is 25.4 Å². The average Bonchev–Trinajstić information content (AvgIpc) is 2.31. The van der Waals surface area contributed by atoms with Crippen molar-refractivity contribution < 1.29 is 0 Å². The minimum Gasteiger partial charge on any atom is -0.275 e. The van der Waals surface area contributed by atoms with Crippen LogP contribution in [0.15, 0.2) is 18.5 Å². The maximum Gasteiger partial charge on any atom is 0.0562 e. The predicted octanol–water partition coefficient (Wildman–Crippen LogP) is 1.67. The van der Waals surface area contributed by atoms with Gasteiger partial charge in [0.25, 0.3) is 0 Å². The molecule has 1 rings (SSSR count). The zero-order valence-electron chi connectivity index (χ0n) is 5.79. The molecule has 10 heavy (non-hydrogen) atoms. The number of aryl methyl sites for hydroxylation is 1. The van der Waals surface area contributed by atoms with Gasteiger partial charge in [-0.2, -0.15) is 5.10 Å². The van der Waals surface area contributed by atoms with Gasteiger partial charge >= 0.3 is 0 Å². The normalized spacial score (nSPS) is 11.0. The zero-order chi connectivity index (χ0) is 7.40. The second-order valence-electron chi connectivity index (χ2n) is 2.00. The van der Waals surface area contributed by atoms with Crippen LogP contribution in [0.2, 0.25) is 0 Å². The van der Waals surface area contributed by atoms with E-state index in [-0.39, 0.29) is 0 Å². The summed E-state index contributed by atoms with van der Waals surface area (Å²) >= 11 is 5.44. The molecular weight excluding hydrogens is 148 g/mol. The van der Waals surface area contributed by atoms with Gasteiger partial charge in [-0.25, -0.2) is 0 Å². The highest BCUT2D eigenvalue weighted by Gasteiger charge is 1.87. The minimum atomic E-state index is 0.550. The molecule has 2 nitrogen and oxygen atoms in total. The van der Waals surface area contributed by atoms with E-state index in [1.54, 1.807) is 10.9 Å². The maximum absolute atomic E-state index is 5.44. The smallest absolute Gasteiger partial charge is 0.0562 e. The number of halogens is 1. The van der Waals surface area contributed by atoms with Crippen LogP contribution in [-0.4, -0.2) is 15.7 Å². The summed E-state index contributed by atoms with van der Waals surface area (Å²) in [4.78, 5) is 0. The third-order valence-corrected chi connectivity index (χ3v) is 1.30. The Morgan fingerprint density at radius 2 is 2.60 bits per heavy atom. The largest absolute Gasteiger partial charge is 0.275 e. The molecule has 0 fully saturated rings. The number of nitrogens with zero attached hydrogens (tertiary/aromatic N) is 2. The first-order valence-electron chi connectivity index (χ1n) is 3.04. The summed E-state index contributed by atoms with van der Waals surface area (Å²) in [5, 5.41) is 3.99. The molecule has 0 radical (unpaired) electrons. The molecule has 1 aromatic rings. The lowest BCUT2D eigenvalue weighted by Crippen LogP contribution is -1.83. The van der Waals surface area contributed by atoms with E-state index in [4.69, 9.17) is 11.6 Å². The van der Waals surface area contributed by atoms with E-state index in [1.165, 1.54) is 0 Å². The van der Waals surface area contributed by atoms with Crippen LogP contribution in [0.25, 0.3) is 6.08 Å². The van der Waals surface area contributed by atoms with Gasteiger partial charge in [-0.05, 0) is 0 Å². The van der Waals surface area contributed by atoms with E-state index >= 15 is 0 Å². The van der Waals surface area contributed by atoms with Crippen molar-refractivity contribution in [1.29, 1.82) is 0 Å². The SMILES string of the molecule is Cn1cc(/C=C/CCl)cn1. The Morgan fingerprint density at radius 1 is 1.80 bits per heavy atom. The molecule has 0 spiro atoms. The molecule has 0 bridgehead atoms. The molecule has 0 amide bonds. The first-order chi connectivity index (χ1) is 4.83. The summed E-state index contributed by atoms with van der Waals surface area (Å²) in [6, 6.07) is 0. The van der Waals surface area contributed by atoms with Crippen LogP contribution in [0.1, 0.15) is 5.56 Å². The van der Waals surface area contributed by atoms with E-state index in [0.29, 0.717) is 5.88 Å². The van der Waals surface area contributed by atoms with E-state index in [2.05, 4.69) is 5.10 Å². The van der Waals surface area contributed by atoms with Crippen LogP contribution in [0.4, 0.5) is 0 Å². The predicted molar refractivity (Wildman–Crippen MR) is 43.0 cm³/mol. The van der Waals surface area contributed by atoms with Crippen LogP contribution in [0.3, 0.4) is 0 Å². The Kier molecular flexibility index (Phi) is 2.51. The summed E-state index contributed by atoms with van der Waals surface area (Å²) in [5.41, 5.74) is 1.09. The molecule has 0 atom stereocenters. The van der Waals surface area contributed by atoms with Crippen LogP contribution in [-0.2, 0) is 7.05 Å². The van der Waals surface area contributed by atoms with Gasteiger partial charge in [0.05, 0.1) is 6.20 Å². The summed E-state index contributed by atoms with van der Waals surface area (Å²) in [7, 11) is 1.89. The van der Waals surface area contributed by atoms with E-state index < -0.39 is 0 Å². The lowest BCUT2D eigenvalue weighted by atomic mass is 10.3. The van der Waals surface area contributed by atoms with Gasteiger partial charge in [0.1, 0.15) is 0 Å². The minimum absolute atomic E-state index is 0.550. The number of allylic oxidation sites excluding steroid dienone is 1. The highest BCUT2D eigenvalue weighted by molar-refractivity contribution is 6.19. The molecule has 0 saturated heterocycles. The van der Waals surface area contributed by atoms with Gasteiger partial charge in [-0.15, -0.1) is 11.6 Å². The molecule has 1 aromatic heterocycles. The zero-order valence-corrected chi connectivity index (χ0v) is 6.54. The number of hydrogen-bond acceptors (Lipinski definition) is 1. The van der Waals surface area contributed by atoms with Gasteiger partial charge in [-0.3, -0.25) is 4.68 Å². The van der Waals surface area contributed by atoms with Crippen molar-refractivity contribution in [3.63, 3.8) is 0 Å². The first-order valence-corrected chi connectivity index (χ1v) is 3.57. The fraction of sp³-hybridized carbons (Fsp3) is 0.286. The molecule has 0 aliphatic rings. The topological polar surface area (TPSA) is 17.8 Å². The van der Waals surface area contributed by atoms with E-state index in [0.717, 1.165) is 5.56 Å². The van der Waals surface area contributed by atoms with Gasteiger partial charge in [0.2, 0.25) is 0 Å². The number of hydrogen-bond donors (Lipinski definition) is 0. The van der Waals surface area contributed by atoms with Crippen molar-refractivity contribution in [2.75, 3.05) is 5.88 Å². The van der Waals surface area contributed by atoms with Crippen molar-refractivity contribution in [2.45, 2.75) is 0 Å². The summed E-state index contributed by atoms with van der Waals surface area (Å²) in [6.45, 7) is 0. The average molecular weight is 157 g/mol. The van der Waals surface area contributed by atoms with Crippen LogP contribution in [0.5, 0.6) is 0 Å². The fourth-order valence-electron chi connectivity index (χ4n) is 0.707. The third kappa shape index (κ3) is 1.88. The standard InChI is InChI=1S/C7H9ClN2/c1-10-6-7(5-9-10)3-2-4-8/h2-3,5-6H,4H2,1H3/b3-2+. The van der Waals surface area contributed by atoms with Crippen molar-refractivity contribution in [3.05, 3.63) is 24.0 Å². The molecule has 1 heterocycles. The molecule has 54 valence electrons. The first kappa shape index (κ1) is 7.35. The lowest BCUT2D eigenvalue weighted by molar-refractivity contribution is 0.767. The monoisotopic (exact) mass is 156 g/mol. The Morgan fingerprint density at radius 3 is 3.10 bits per heavy atom. The summed E-state index contributed by atoms with van der Waals surface area (Å²) in [5.74, 6) is 0.550. The number of rotatable bonds is 2. The molecule has 0 aliphatic carbocycles. The van der Waals surface area contributed by atoms with Gasteiger partial charge in [0, 0.05) is 24.7 Å². The Balaban J connectivity index is 2.67. The quantitative estimate of drug-likeness (QED) is 0.596. The lowest BCUT2D eigenvalue weighted by Gasteiger charge is -1.81. The molecule has 3 heteroatoms. The van der Waals surface area contributed by atoms with Gasteiger partial charge in [0.15, 0.2) is 0 Å². The molecular formula is C7H9ClN2. The molecule has 0 aromatic carbocycles. The molecule has 0 N–H and O–H groups in total. The summed E-state index contributed by atoms with van der Waals surface area (Å²) < 4.78 is 1.76. The highest BCUT2D eigenvalue weighted by Crippen LogP contribution is 1.98. The maximum atomic E-state index is 5.44. The Bertz CT molecular complexity index is 227.